The Morgan fingerprint density at radius 3 is 2.87 bits per heavy atom. The normalized spacial score (nSPS) is 13.4. The minimum absolute atomic E-state index is 0.00335. The van der Waals surface area contributed by atoms with Gasteiger partial charge in [-0.05, 0) is 55.7 Å². The van der Waals surface area contributed by atoms with Crippen molar-refractivity contribution in [3.05, 3.63) is 61.9 Å². The molecule has 0 fully saturated rings. The van der Waals surface area contributed by atoms with Gasteiger partial charge in [0.2, 0.25) is 5.78 Å². The van der Waals surface area contributed by atoms with E-state index in [0.717, 1.165) is 48.0 Å². The van der Waals surface area contributed by atoms with Crippen molar-refractivity contribution in [2.24, 2.45) is 7.05 Å². The first-order chi connectivity index (χ1) is 14.5. The topological polar surface area (TPSA) is 76.9 Å². The smallest absolute Gasteiger partial charge is 0.257 e. The lowest BCUT2D eigenvalue weighted by atomic mass is 9.93. The summed E-state index contributed by atoms with van der Waals surface area (Å²) in [6, 6.07) is 5.54. The summed E-state index contributed by atoms with van der Waals surface area (Å²) in [5.74, 6) is -0.261. The molecule has 152 valence electrons. The number of pyridine rings is 1. The van der Waals surface area contributed by atoms with E-state index in [1.54, 1.807) is 10.9 Å². The molecule has 0 aliphatic heterocycles. The van der Waals surface area contributed by atoms with Crippen LogP contribution in [0.4, 0.5) is 5.00 Å². The molecule has 0 atom stereocenters. The number of hydrogen-bond acceptors (Lipinski definition) is 6. The number of aromatic nitrogens is 3. The van der Waals surface area contributed by atoms with Gasteiger partial charge in [0, 0.05) is 23.5 Å². The minimum Gasteiger partial charge on any atom is -0.313 e. The second kappa shape index (κ2) is 7.45. The number of thiophene rings is 2. The molecule has 4 aromatic rings. The Morgan fingerprint density at radius 2 is 2.07 bits per heavy atom. The summed E-state index contributed by atoms with van der Waals surface area (Å²) >= 11 is 2.97. The van der Waals surface area contributed by atoms with E-state index in [0.29, 0.717) is 21.0 Å². The molecule has 1 aliphatic rings. The zero-order valence-electron chi connectivity index (χ0n) is 16.7. The maximum Gasteiger partial charge on any atom is 0.257 e. The first kappa shape index (κ1) is 19.1. The fourth-order valence-corrected chi connectivity index (χ4v) is 5.98. The number of rotatable bonds is 4. The molecular weight excluding hydrogens is 416 g/mol. The van der Waals surface area contributed by atoms with Crippen LogP contribution in [0.2, 0.25) is 0 Å². The van der Waals surface area contributed by atoms with E-state index in [-0.39, 0.29) is 11.7 Å². The average Bonchev–Trinajstić information content (AvgIpc) is 3.46. The molecular formula is C22H20N4O2S2. The lowest BCUT2D eigenvalue weighted by molar-refractivity contribution is 0.102. The molecule has 0 aromatic carbocycles. The average molecular weight is 437 g/mol. The molecule has 8 heteroatoms. The largest absolute Gasteiger partial charge is 0.313 e. The molecule has 6 nitrogen and oxygen atoms in total. The van der Waals surface area contributed by atoms with Gasteiger partial charge in [0.25, 0.3) is 5.91 Å². The lowest BCUT2D eigenvalue weighted by Gasteiger charge is -2.12. The number of ketones is 1. The van der Waals surface area contributed by atoms with E-state index in [2.05, 4.69) is 15.4 Å². The number of amides is 1. The highest BCUT2D eigenvalue weighted by Crippen LogP contribution is 2.40. The molecule has 30 heavy (non-hydrogen) atoms. The Balaban J connectivity index is 1.53. The Labute approximate surface area is 181 Å². The molecule has 1 N–H and O–H groups in total. The van der Waals surface area contributed by atoms with Crippen LogP contribution >= 0.6 is 22.7 Å². The number of carbonyl (C=O) groups excluding carboxylic acids is 2. The van der Waals surface area contributed by atoms with Crippen LogP contribution < -0.4 is 5.32 Å². The first-order valence-corrected chi connectivity index (χ1v) is 11.6. The highest BCUT2D eigenvalue weighted by atomic mass is 32.1. The summed E-state index contributed by atoms with van der Waals surface area (Å²) in [5.41, 5.74) is 3.80. The number of carbonyl (C=O) groups is 2. The highest BCUT2D eigenvalue weighted by molar-refractivity contribution is 7.17. The van der Waals surface area contributed by atoms with Crippen molar-refractivity contribution < 1.29 is 9.59 Å². The third kappa shape index (κ3) is 3.16. The van der Waals surface area contributed by atoms with Gasteiger partial charge in [-0.3, -0.25) is 14.3 Å². The molecule has 5 rings (SSSR count). The number of nitrogens with one attached hydrogen (secondary N) is 1. The van der Waals surface area contributed by atoms with Gasteiger partial charge in [0.15, 0.2) is 5.65 Å². The minimum atomic E-state index is -0.258. The summed E-state index contributed by atoms with van der Waals surface area (Å²) < 4.78 is 1.71. The molecule has 0 bridgehead atoms. The quantitative estimate of drug-likeness (QED) is 0.468. The third-order valence-corrected chi connectivity index (χ3v) is 7.57. The summed E-state index contributed by atoms with van der Waals surface area (Å²) in [6.07, 6.45) is 5.60. The van der Waals surface area contributed by atoms with E-state index < -0.39 is 0 Å². The predicted molar refractivity (Wildman–Crippen MR) is 120 cm³/mol. The van der Waals surface area contributed by atoms with Crippen molar-refractivity contribution in [2.75, 3.05) is 5.32 Å². The number of hydrogen-bond donors (Lipinski definition) is 1. The van der Waals surface area contributed by atoms with Crippen LogP contribution in [0.15, 0.2) is 29.8 Å². The molecule has 4 heterocycles. The first-order valence-electron chi connectivity index (χ1n) is 9.86. The van der Waals surface area contributed by atoms with Gasteiger partial charge in [-0.2, -0.15) is 5.10 Å². The van der Waals surface area contributed by atoms with Crippen molar-refractivity contribution in [3.8, 4) is 0 Å². The summed E-state index contributed by atoms with van der Waals surface area (Å²) in [5, 5.41) is 10.8. The Morgan fingerprint density at radius 1 is 1.23 bits per heavy atom. The van der Waals surface area contributed by atoms with Crippen LogP contribution in [0, 0.1) is 6.92 Å². The van der Waals surface area contributed by atoms with Crippen LogP contribution in [0.3, 0.4) is 0 Å². The van der Waals surface area contributed by atoms with Crippen molar-refractivity contribution in [1.82, 2.24) is 14.8 Å². The summed E-state index contributed by atoms with van der Waals surface area (Å²) in [7, 11) is 1.83. The molecule has 0 spiro atoms. The molecule has 0 unspecified atom stereocenters. The van der Waals surface area contributed by atoms with Crippen molar-refractivity contribution in [2.45, 2.75) is 32.6 Å². The van der Waals surface area contributed by atoms with E-state index in [1.807, 2.05) is 37.6 Å². The maximum atomic E-state index is 13.2. The Kier molecular flexibility index (Phi) is 4.75. The second-order valence-corrected chi connectivity index (χ2v) is 9.53. The second-order valence-electron chi connectivity index (χ2n) is 7.48. The van der Waals surface area contributed by atoms with Crippen LogP contribution in [-0.2, 0) is 19.9 Å². The zero-order valence-corrected chi connectivity index (χ0v) is 18.3. The van der Waals surface area contributed by atoms with Crippen LogP contribution in [-0.4, -0.2) is 26.5 Å². The van der Waals surface area contributed by atoms with Crippen molar-refractivity contribution >= 4 is 50.4 Å². The maximum absolute atomic E-state index is 13.2. The molecule has 0 saturated carbocycles. The van der Waals surface area contributed by atoms with Gasteiger partial charge in [0.05, 0.1) is 21.7 Å². The molecule has 0 radical (unpaired) electrons. The van der Waals surface area contributed by atoms with Crippen molar-refractivity contribution in [3.63, 3.8) is 0 Å². The van der Waals surface area contributed by atoms with Crippen LogP contribution in [0.25, 0.3) is 11.0 Å². The molecule has 4 aromatic heterocycles. The number of fused-ring (bicyclic) bond motifs is 2. The third-order valence-electron chi connectivity index (χ3n) is 5.50. The van der Waals surface area contributed by atoms with Crippen molar-refractivity contribution in [1.29, 1.82) is 0 Å². The predicted octanol–water partition coefficient (Wildman–Crippen LogP) is 4.76. The SMILES string of the molecule is Cc1nn(C)c2ncc(C(=O)Nc3sc4c(c3C(=O)c3cccs3)CCCC4)cc12. The molecule has 1 aliphatic carbocycles. The van der Waals surface area contributed by atoms with E-state index in [4.69, 9.17) is 0 Å². The standard InChI is InChI=1S/C22H20N4O2S2/c1-12-15-10-13(11-23-20(15)26(2)25-12)21(28)24-22-18(19(27)17-8-5-9-29-17)14-6-3-4-7-16(14)30-22/h5,8-11H,3-4,6-7H2,1-2H3,(H,24,28). The molecule has 0 saturated heterocycles. The fraction of sp³-hybridized carbons (Fsp3) is 0.273. The van der Waals surface area contributed by atoms with E-state index >= 15 is 0 Å². The summed E-state index contributed by atoms with van der Waals surface area (Å²) in [6.45, 7) is 1.90. The fourth-order valence-electron chi connectivity index (χ4n) is 4.03. The van der Waals surface area contributed by atoms with E-state index in [1.165, 1.54) is 27.6 Å². The summed E-state index contributed by atoms with van der Waals surface area (Å²) in [4.78, 5) is 32.6. The zero-order chi connectivity index (χ0) is 20.8. The van der Waals surface area contributed by atoms with E-state index in [9.17, 15) is 9.59 Å². The van der Waals surface area contributed by atoms with Crippen LogP contribution in [0.1, 0.15) is 54.6 Å². The van der Waals surface area contributed by atoms with Gasteiger partial charge in [0.1, 0.15) is 5.00 Å². The Hall–Kier alpha value is -2.84. The van der Waals surface area contributed by atoms with Crippen LogP contribution in [0.5, 0.6) is 0 Å². The molecule has 1 amide bonds. The van der Waals surface area contributed by atoms with Gasteiger partial charge >= 0.3 is 0 Å². The highest BCUT2D eigenvalue weighted by Gasteiger charge is 2.27. The van der Waals surface area contributed by atoms with Gasteiger partial charge in [-0.15, -0.1) is 22.7 Å². The monoisotopic (exact) mass is 436 g/mol. The lowest BCUT2D eigenvalue weighted by Crippen LogP contribution is -2.15. The van der Waals surface area contributed by atoms with Gasteiger partial charge in [-0.1, -0.05) is 6.07 Å². The van der Waals surface area contributed by atoms with Gasteiger partial charge in [-0.25, -0.2) is 4.98 Å². The number of aryl methyl sites for hydroxylation is 3. The van der Waals surface area contributed by atoms with Gasteiger partial charge < -0.3 is 5.32 Å². The Bertz CT molecular complexity index is 1280. The number of anilines is 1. The number of nitrogens with zero attached hydrogens (tertiary/aromatic N) is 3.